The van der Waals surface area contributed by atoms with Crippen LogP contribution in [0.4, 0.5) is 0 Å². The molecule has 0 saturated heterocycles. The Balaban J connectivity index is 0.00000208. The Bertz CT molecular complexity index is 800. The summed E-state index contributed by atoms with van der Waals surface area (Å²) in [5.41, 5.74) is 7.97. The second-order valence-electron chi connectivity index (χ2n) is 5.54. The van der Waals surface area contributed by atoms with E-state index in [2.05, 4.69) is 0 Å². The molecule has 3 aromatic carbocycles. The highest BCUT2D eigenvalue weighted by molar-refractivity contribution is 5.86. The van der Waals surface area contributed by atoms with E-state index in [0.29, 0.717) is 6.42 Å². The second kappa shape index (κ2) is 8.48. The minimum Gasteiger partial charge on any atom is -0.460 e. The van der Waals surface area contributed by atoms with Crippen LogP contribution in [0.15, 0.2) is 72.8 Å². The van der Waals surface area contributed by atoms with Crippen LogP contribution in [0.2, 0.25) is 0 Å². The Morgan fingerprint density at radius 3 is 2.38 bits per heavy atom. The van der Waals surface area contributed by atoms with E-state index in [0.717, 1.165) is 21.9 Å². The first-order valence-corrected chi connectivity index (χ1v) is 7.67. The first-order chi connectivity index (χ1) is 11.2. The molecule has 3 rings (SSSR count). The van der Waals surface area contributed by atoms with Gasteiger partial charge in [0.15, 0.2) is 0 Å². The molecule has 0 fully saturated rings. The fourth-order valence-electron chi connectivity index (χ4n) is 2.63. The summed E-state index contributed by atoms with van der Waals surface area (Å²) < 4.78 is 5.41. The Kier molecular flexibility index (Phi) is 6.36. The van der Waals surface area contributed by atoms with Crippen molar-refractivity contribution in [3.8, 4) is 0 Å². The molecule has 4 heteroatoms. The summed E-state index contributed by atoms with van der Waals surface area (Å²) in [7, 11) is 0. The molecule has 1 unspecified atom stereocenters. The van der Waals surface area contributed by atoms with Crippen LogP contribution in [0.3, 0.4) is 0 Å². The number of benzene rings is 3. The SMILES string of the molecule is Cl.NC(Cc1ccccc1)C(=O)OCc1cccc2ccccc12. The highest BCUT2D eigenvalue weighted by atomic mass is 35.5. The van der Waals surface area contributed by atoms with E-state index < -0.39 is 6.04 Å². The van der Waals surface area contributed by atoms with Crippen LogP contribution in [0.1, 0.15) is 11.1 Å². The number of nitrogens with two attached hydrogens (primary N) is 1. The van der Waals surface area contributed by atoms with Gasteiger partial charge in [0, 0.05) is 0 Å². The quantitative estimate of drug-likeness (QED) is 0.717. The van der Waals surface area contributed by atoms with Crippen LogP contribution in [0.25, 0.3) is 10.8 Å². The molecule has 3 nitrogen and oxygen atoms in total. The zero-order chi connectivity index (χ0) is 16.1. The van der Waals surface area contributed by atoms with Gasteiger partial charge >= 0.3 is 5.97 Å². The van der Waals surface area contributed by atoms with Crippen molar-refractivity contribution < 1.29 is 9.53 Å². The van der Waals surface area contributed by atoms with Crippen LogP contribution in [0.5, 0.6) is 0 Å². The Hall–Kier alpha value is -2.36. The van der Waals surface area contributed by atoms with Crippen molar-refractivity contribution in [2.24, 2.45) is 5.73 Å². The molecule has 3 aromatic rings. The molecule has 0 heterocycles. The number of esters is 1. The van der Waals surface area contributed by atoms with Gasteiger partial charge in [-0.3, -0.25) is 4.79 Å². The number of fused-ring (bicyclic) bond motifs is 1. The maximum absolute atomic E-state index is 12.1. The lowest BCUT2D eigenvalue weighted by molar-refractivity contribution is -0.146. The number of hydrogen-bond donors (Lipinski definition) is 1. The summed E-state index contributed by atoms with van der Waals surface area (Å²) >= 11 is 0. The lowest BCUT2D eigenvalue weighted by Gasteiger charge is -2.12. The van der Waals surface area contributed by atoms with Crippen molar-refractivity contribution in [2.45, 2.75) is 19.1 Å². The number of carbonyl (C=O) groups is 1. The summed E-state index contributed by atoms with van der Waals surface area (Å²) in [5.74, 6) is -0.373. The van der Waals surface area contributed by atoms with Crippen LogP contribution in [-0.2, 0) is 22.6 Å². The fourth-order valence-corrected chi connectivity index (χ4v) is 2.63. The highest BCUT2D eigenvalue weighted by Crippen LogP contribution is 2.19. The van der Waals surface area contributed by atoms with Crippen molar-refractivity contribution in [3.05, 3.63) is 83.9 Å². The standard InChI is InChI=1S/C20H19NO2.ClH/c21-19(13-15-7-2-1-3-8-15)20(22)23-14-17-11-6-10-16-9-4-5-12-18(16)17;/h1-12,19H,13-14,21H2;1H. The highest BCUT2D eigenvalue weighted by Gasteiger charge is 2.16. The molecule has 0 bridgehead atoms. The van der Waals surface area contributed by atoms with Crippen molar-refractivity contribution >= 4 is 29.1 Å². The van der Waals surface area contributed by atoms with Gasteiger partial charge in [0.25, 0.3) is 0 Å². The summed E-state index contributed by atoms with van der Waals surface area (Å²) in [5, 5.41) is 2.23. The first kappa shape index (κ1) is 18.0. The maximum atomic E-state index is 12.1. The van der Waals surface area contributed by atoms with Gasteiger partial charge < -0.3 is 10.5 Å². The zero-order valence-corrected chi connectivity index (χ0v) is 14.0. The lowest BCUT2D eigenvalue weighted by Crippen LogP contribution is -2.34. The van der Waals surface area contributed by atoms with E-state index in [-0.39, 0.29) is 25.0 Å². The van der Waals surface area contributed by atoms with E-state index in [1.165, 1.54) is 0 Å². The van der Waals surface area contributed by atoms with Crippen molar-refractivity contribution in [3.63, 3.8) is 0 Å². The summed E-state index contributed by atoms with van der Waals surface area (Å²) in [4.78, 5) is 12.1. The Morgan fingerprint density at radius 2 is 1.58 bits per heavy atom. The molecular weight excluding hydrogens is 322 g/mol. The molecule has 0 aliphatic carbocycles. The van der Waals surface area contributed by atoms with Crippen molar-refractivity contribution in [1.82, 2.24) is 0 Å². The second-order valence-corrected chi connectivity index (χ2v) is 5.54. The third-order valence-corrected chi connectivity index (χ3v) is 3.85. The van der Waals surface area contributed by atoms with Crippen LogP contribution in [0, 0.1) is 0 Å². The molecule has 0 spiro atoms. The average molecular weight is 342 g/mol. The van der Waals surface area contributed by atoms with E-state index in [1.807, 2.05) is 72.8 Å². The Morgan fingerprint density at radius 1 is 0.917 bits per heavy atom. The van der Waals surface area contributed by atoms with Crippen molar-refractivity contribution in [1.29, 1.82) is 0 Å². The smallest absolute Gasteiger partial charge is 0.323 e. The van der Waals surface area contributed by atoms with Gasteiger partial charge in [0.1, 0.15) is 12.6 Å². The third-order valence-electron chi connectivity index (χ3n) is 3.85. The molecule has 2 N–H and O–H groups in total. The van der Waals surface area contributed by atoms with Gasteiger partial charge in [0.05, 0.1) is 0 Å². The number of hydrogen-bond acceptors (Lipinski definition) is 3. The summed E-state index contributed by atoms with van der Waals surface area (Å²) in [6.45, 7) is 0.239. The van der Waals surface area contributed by atoms with E-state index >= 15 is 0 Å². The predicted octanol–water partition coefficient (Wildman–Crippen LogP) is 3.87. The van der Waals surface area contributed by atoms with Crippen molar-refractivity contribution in [2.75, 3.05) is 0 Å². The normalized spacial score (nSPS) is 11.5. The average Bonchev–Trinajstić information content (AvgIpc) is 2.60. The molecule has 0 radical (unpaired) electrons. The van der Waals surface area contributed by atoms with Gasteiger partial charge in [-0.1, -0.05) is 72.8 Å². The number of ether oxygens (including phenoxy) is 1. The molecule has 1 atom stereocenters. The third kappa shape index (κ3) is 4.34. The summed E-state index contributed by atoms with van der Waals surface area (Å²) in [6, 6.07) is 23.1. The Labute approximate surface area is 147 Å². The molecule has 0 amide bonds. The lowest BCUT2D eigenvalue weighted by atomic mass is 10.1. The maximum Gasteiger partial charge on any atom is 0.323 e. The molecule has 0 aliphatic heterocycles. The number of rotatable bonds is 5. The van der Waals surface area contributed by atoms with Crippen LogP contribution >= 0.6 is 12.4 Å². The van der Waals surface area contributed by atoms with Gasteiger partial charge in [-0.25, -0.2) is 0 Å². The van der Waals surface area contributed by atoms with Crippen LogP contribution < -0.4 is 5.73 Å². The van der Waals surface area contributed by atoms with Gasteiger partial charge in [0.2, 0.25) is 0 Å². The van der Waals surface area contributed by atoms with Gasteiger partial charge in [-0.05, 0) is 28.3 Å². The fraction of sp³-hybridized carbons (Fsp3) is 0.150. The minimum absolute atomic E-state index is 0. The number of carbonyl (C=O) groups excluding carboxylic acids is 1. The zero-order valence-electron chi connectivity index (χ0n) is 13.2. The molecule has 0 saturated carbocycles. The van der Waals surface area contributed by atoms with Crippen LogP contribution in [-0.4, -0.2) is 12.0 Å². The molecule has 24 heavy (non-hydrogen) atoms. The first-order valence-electron chi connectivity index (χ1n) is 7.67. The topological polar surface area (TPSA) is 52.3 Å². The van der Waals surface area contributed by atoms with E-state index in [1.54, 1.807) is 0 Å². The largest absolute Gasteiger partial charge is 0.460 e. The monoisotopic (exact) mass is 341 g/mol. The molecule has 0 aromatic heterocycles. The number of halogens is 1. The summed E-state index contributed by atoms with van der Waals surface area (Å²) in [6.07, 6.45) is 0.481. The predicted molar refractivity (Wildman–Crippen MR) is 99.1 cm³/mol. The van der Waals surface area contributed by atoms with Gasteiger partial charge in [-0.15, -0.1) is 12.4 Å². The minimum atomic E-state index is -0.646. The van der Waals surface area contributed by atoms with Gasteiger partial charge in [-0.2, -0.15) is 0 Å². The van der Waals surface area contributed by atoms with E-state index in [4.69, 9.17) is 10.5 Å². The molecular formula is C20H20ClNO2. The molecule has 0 aliphatic rings. The molecule has 124 valence electrons. The van der Waals surface area contributed by atoms with E-state index in [9.17, 15) is 4.79 Å².